The lowest BCUT2D eigenvalue weighted by atomic mass is 10.1. The molecule has 1 saturated carbocycles. The highest BCUT2D eigenvalue weighted by atomic mass is 32.2. The molecule has 26 heavy (non-hydrogen) atoms. The number of amides is 1. The van der Waals surface area contributed by atoms with E-state index in [0.29, 0.717) is 5.69 Å². The zero-order valence-electron chi connectivity index (χ0n) is 15.1. The van der Waals surface area contributed by atoms with Crippen LogP contribution in [-0.2, 0) is 14.8 Å². The fraction of sp³-hybridized carbons (Fsp3) is 0.350. The van der Waals surface area contributed by atoms with Gasteiger partial charge in [-0.1, -0.05) is 30.5 Å². The number of carbonyl (C=O) groups excluding carboxylic acids is 1. The van der Waals surface area contributed by atoms with Crippen molar-refractivity contribution in [3.05, 3.63) is 53.6 Å². The van der Waals surface area contributed by atoms with E-state index in [2.05, 4.69) is 10.0 Å². The Morgan fingerprint density at radius 2 is 1.65 bits per heavy atom. The van der Waals surface area contributed by atoms with Gasteiger partial charge in [0.2, 0.25) is 5.91 Å². The predicted molar refractivity (Wildman–Crippen MR) is 104 cm³/mol. The Morgan fingerprint density at radius 3 is 2.27 bits per heavy atom. The van der Waals surface area contributed by atoms with Crippen LogP contribution in [0, 0.1) is 19.8 Å². The number of sulfonamides is 1. The van der Waals surface area contributed by atoms with Crippen molar-refractivity contribution in [3.63, 3.8) is 0 Å². The molecule has 3 rings (SSSR count). The van der Waals surface area contributed by atoms with Crippen LogP contribution in [0.25, 0.3) is 0 Å². The van der Waals surface area contributed by atoms with Crippen LogP contribution in [-0.4, -0.2) is 14.3 Å². The Morgan fingerprint density at radius 1 is 1.00 bits per heavy atom. The molecule has 5 nitrogen and oxygen atoms in total. The SMILES string of the molecule is Cc1ccc(S(=O)(=O)Nc2ccc(NC(=O)C3CCCC3)c(C)c2)cc1. The summed E-state index contributed by atoms with van der Waals surface area (Å²) < 4.78 is 27.5. The minimum Gasteiger partial charge on any atom is -0.326 e. The molecule has 0 aromatic heterocycles. The van der Waals surface area contributed by atoms with Gasteiger partial charge >= 0.3 is 0 Å². The lowest BCUT2D eigenvalue weighted by Crippen LogP contribution is -2.21. The van der Waals surface area contributed by atoms with E-state index in [1.165, 1.54) is 0 Å². The molecule has 1 fully saturated rings. The van der Waals surface area contributed by atoms with E-state index < -0.39 is 10.0 Å². The fourth-order valence-corrected chi connectivity index (χ4v) is 4.27. The van der Waals surface area contributed by atoms with Crippen LogP contribution >= 0.6 is 0 Å². The molecule has 0 saturated heterocycles. The first-order valence-electron chi connectivity index (χ1n) is 8.86. The Bertz CT molecular complexity index is 899. The van der Waals surface area contributed by atoms with E-state index in [4.69, 9.17) is 0 Å². The van der Waals surface area contributed by atoms with Crippen molar-refractivity contribution >= 4 is 27.3 Å². The van der Waals surface area contributed by atoms with Crippen molar-refractivity contribution < 1.29 is 13.2 Å². The Balaban J connectivity index is 1.72. The van der Waals surface area contributed by atoms with Gasteiger partial charge in [0.15, 0.2) is 0 Å². The van der Waals surface area contributed by atoms with Gasteiger partial charge in [0, 0.05) is 17.3 Å². The van der Waals surface area contributed by atoms with Gasteiger partial charge in [-0.25, -0.2) is 8.42 Å². The summed E-state index contributed by atoms with van der Waals surface area (Å²) in [7, 11) is -3.63. The molecule has 138 valence electrons. The molecule has 0 unspecified atom stereocenters. The second kappa shape index (κ2) is 7.50. The smallest absolute Gasteiger partial charge is 0.261 e. The highest BCUT2D eigenvalue weighted by Gasteiger charge is 2.23. The monoisotopic (exact) mass is 372 g/mol. The van der Waals surface area contributed by atoms with Crippen molar-refractivity contribution in [2.75, 3.05) is 10.0 Å². The van der Waals surface area contributed by atoms with Crippen molar-refractivity contribution in [2.24, 2.45) is 5.92 Å². The zero-order valence-corrected chi connectivity index (χ0v) is 15.9. The summed E-state index contributed by atoms with van der Waals surface area (Å²) >= 11 is 0. The van der Waals surface area contributed by atoms with Crippen molar-refractivity contribution in [3.8, 4) is 0 Å². The van der Waals surface area contributed by atoms with Crippen molar-refractivity contribution in [1.29, 1.82) is 0 Å². The van der Waals surface area contributed by atoms with Gasteiger partial charge in [0.25, 0.3) is 10.0 Å². The maximum atomic E-state index is 12.5. The van der Waals surface area contributed by atoms with Crippen LogP contribution in [0.1, 0.15) is 36.8 Å². The second-order valence-corrected chi connectivity index (χ2v) is 8.60. The number of hydrogen-bond acceptors (Lipinski definition) is 3. The normalized spacial score (nSPS) is 15.0. The molecule has 0 aliphatic heterocycles. The molecule has 0 atom stereocenters. The molecule has 6 heteroatoms. The van der Waals surface area contributed by atoms with Gasteiger partial charge < -0.3 is 5.32 Å². The lowest BCUT2D eigenvalue weighted by Gasteiger charge is -2.14. The number of nitrogens with one attached hydrogen (secondary N) is 2. The Hall–Kier alpha value is -2.34. The molecule has 2 N–H and O–H groups in total. The molecule has 0 bridgehead atoms. The van der Waals surface area contributed by atoms with Crippen LogP contribution in [0.3, 0.4) is 0 Å². The first kappa shape index (κ1) is 18.5. The molecule has 0 radical (unpaired) electrons. The highest BCUT2D eigenvalue weighted by Crippen LogP contribution is 2.28. The van der Waals surface area contributed by atoms with Gasteiger partial charge in [0.05, 0.1) is 4.90 Å². The lowest BCUT2D eigenvalue weighted by molar-refractivity contribution is -0.119. The first-order chi connectivity index (χ1) is 12.3. The number of carbonyl (C=O) groups is 1. The number of rotatable bonds is 5. The largest absolute Gasteiger partial charge is 0.326 e. The van der Waals surface area contributed by atoms with Crippen LogP contribution in [0.4, 0.5) is 11.4 Å². The Kier molecular flexibility index (Phi) is 5.32. The third-order valence-corrected chi connectivity index (χ3v) is 6.19. The van der Waals surface area contributed by atoms with Crippen molar-refractivity contribution in [1.82, 2.24) is 0 Å². The van der Waals surface area contributed by atoms with E-state index in [1.54, 1.807) is 42.5 Å². The average Bonchev–Trinajstić information content (AvgIpc) is 3.12. The summed E-state index contributed by atoms with van der Waals surface area (Å²) in [5, 5.41) is 2.96. The van der Waals surface area contributed by atoms with E-state index in [0.717, 1.165) is 42.5 Å². The quantitative estimate of drug-likeness (QED) is 0.824. The molecular formula is C20H24N2O3S. The van der Waals surface area contributed by atoms with E-state index in [-0.39, 0.29) is 16.7 Å². The topological polar surface area (TPSA) is 75.3 Å². The summed E-state index contributed by atoms with van der Waals surface area (Å²) in [6.45, 7) is 3.76. The van der Waals surface area contributed by atoms with Crippen LogP contribution < -0.4 is 10.0 Å². The maximum absolute atomic E-state index is 12.5. The van der Waals surface area contributed by atoms with Crippen LogP contribution in [0.5, 0.6) is 0 Å². The Labute approximate surface area is 154 Å². The molecule has 1 aliphatic rings. The summed E-state index contributed by atoms with van der Waals surface area (Å²) in [5.41, 5.74) is 3.02. The van der Waals surface area contributed by atoms with Crippen LogP contribution in [0.2, 0.25) is 0 Å². The van der Waals surface area contributed by atoms with E-state index in [9.17, 15) is 13.2 Å². The second-order valence-electron chi connectivity index (χ2n) is 6.92. The summed E-state index contributed by atoms with van der Waals surface area (Å²) in [5.74, 6) is 0.146. The van der Waals surface area contributed by atoms with E-state index >= 15 is 0 Å². The molecule has 0 spiro atoms. The summed E-state index contributed by atoms with van der Waals surface area (Å²) in [6.07, 6.45) is 4.10. The standard InChI is InChI=1S/C20H24N2O3S/c1-14-7-10-18(11-8-14)26(24,25)22-17-9-12-19(15(2)13-17)21-20(23)16-5-3-4-6-16/h7-13,16,22H,3-6H2,1-2H3,(H,21,23). The molecule has 2 aromatic carbocycles. The molecule has 1 amide bonds. The summed E-state index contributed by atoms with van der Waals surface area (Å²) in [6, 6.07) is 11.8. The average molecular weight is 372 g/mol. The highest BCUT2D eigenvalue weighted by molar-refractivity contribution is 7.92. The molecule has 1 aliphatic carbocycles. The fourth-order valence-electron chi connectivity index (χ4n) is 3.22. The number of anilines is 2. The molecule has 2 aromatic rings. The molecule has 0 heterocycles. The maximum Gasteiger partial charge on any atom is 0.261 e. The molecular weight excluding hydrogens is 348 g/mol. The van der Waals surface area contributed by atoms with Crippen LogP contribution in [0.15, 0.2) is 47.4 Å². The first-order valence-corrected chi connectivity index (χ1v) is 10.3. The van der Waals surface area contributed by atoms with Gasteiger partial charge in [-0.15, -0.1) is 0 Å². The van der Waals surface area contributed by atoms with Gasteiger partial charge in [-0.3, -0.25) is 9.52 Å². The minimum absolute atomic E-state index is 0.0542. The number of hydrogen-bond donors (Lipinski definition) is 2. The minimum atomic E-state index is -3.63. The number of aryl methyl sites for hydroxylation is 2. The summed E-state index contributed by atoms with van der Waals surface area (Å²) in [4.78, 5) is 12.5. The van der Waals surface area contributed by atoms with Gasteiger partial charge in [0.1, 0.15) is 0 Å². The zero-order chi connectivity index (χ0) is 18.7. The third-order valence-electron chi connectivity index (χ3n) is 4.79. The number of benzene rings is 2. The van der Waals surface area contributed by atoms with E-state index in [1.807, 2.05) is 13.8 Å². The third kappa shape index (κ3) is 4.25. The van der Waals surface area contributed by atoms with Crippen molar-refractivity contribution in [2.45, 2.75) is 44.4 Å². The van der Waals surface area contributed by atoms with Gasteiger partial charge in [-0.05, 0) is 62.6 Å². The predicted octanol–water partition coefficient (Wildman–Crippen LogP) is 4.23. The van der Waals surface area contributed by atoms with Gasteiger partial charge in [-0.2, -0.15) is 0 Å².